The number of pyridine rings is 1. The summed E-state index contributed by atoms with van der Waals surface area (Å²) in [5, 5.41) is 1.04. The van der Waals surface area contributed by atoms with Crippen molar-refractivity contribution < 1.29 is 4.79 Å². The molecule has 5 rings (SSSR count). The summed E-state index contributed by atoms with van der Waals surface area (Å²) in [6.45, 7) is 0.839. The smallest absolute Gasteiger partial charge is 0.231 e. The van der Waals surface area contributed by atoms with Gasteiger partial charge in [-0.05, 0) is 42.2 Å². The summed E-state index contributed by atoms with van der Waals surface area (Å²) in [5.41, 5.74) is 4.57. The van der Waals surface area contributed by atoms with Crippen LogP contribution >= 0.6 is 0 Å². The fourth-order valence-electron chi connectivity index (χ4n) is 3.85. The molecule has 0 unspecified atom stereocenters. The Labute approximate surface area is 134 Å². The lowest BCUT2D eigenvalue weighted by Gasteiger charge is -2.17. The lowest BCUT2D eigenvalue weighted by Crippen LogP contribution is -2.32. The number of H-pyrrole nitrogens is 1. The second-order valence-corrected chi connectivity index (χ2v) is 6.67. The molecule has 1 fully saturated rings. The quantitative estimate of drug-likeness (QED) is 0.790. The molecular formula is C19H17N3O. The highest BCUT2D eigenvalue weighted by molar-refractivity contribution is 5.99. The summed E-state index contributed by atoms with van der Waals surface area (Å²) in [7, 11) is 0. The lowest BCUT2D eigenvalue weighted by molar-refractivity contribution is -0.117. The van der Waals surface area contributed by atoms with E-state index in [1.807, 2.05) is 29.3 Å². The molecular weight excluding hydrogens is 286 g/mol. The number of carbonyl (C=O) groups excluding carboxylic acids is 1. The number of benzene rings is 1. The zero-order chi connectivity index (χ0) is 15.4. The molecule has 0 bridgehead atoms. The van der Waals surface area contributed by atoms with Gasteiger partial charge in [0.2, 0.25) is 5.91 Å². The van der Waals surface area contributed by atoms with E-state index in [-0.39, 0.29) is 11.3 Å². The third kappa shape index (κ3) is 1.84. The molecule has 0 saturated heterocycles. The molecule has 1 aromatic carbocycles. The minimum absolute atomic E-state index is 0.172. The van der Waals surface area contributed by atoms with Gasteiger partial charge in [-0.2, -0.15) is 0 Å². The van der Waals surface area contributed by atoms with Gasteiger partial charge in [0.25, 0.3) is 0 Å². The van der Waals surface area contributed by atoms with Gasteiger partial charge in [-0.25, -0.2) is 4.98 Å². The van der Waals surface area contributed by atoms with E-state index in [9.17, 15) is 4.79 Å². The standard InChI is InChI=1S/C19H17N3O/c23-17(10-13-11-21-18-14(13)4-3-9-20-18)22-12-19(7-8-19)15-5-1-2-6-16(15)22/h1-6,9,11H,7-8,10,12H2,(H,20,21). The third-order valence-electron chi connectivity index (χ3n) is 5.26. The number of anilines is 1. The predicted octanol–water partition coefficient (Wildman–Crippen LogP) is 3.18. The van der Waals surface area contributed by atoms with Gasteiger partial charge in [0.15, 0.2) is 0 Å². The Hall–Kier alpha value is -2.62. The van der Waals surface area contributed by atoms with Crippen molar-refractivity contribution in [3.63, 3.8) is 0 Å². The summed E-state index contributed by atoms with van der Waals surface area (Å²) in [4.78, 5) is 22.4. The number of aromatic nitrogens is 2. The Bertz CT molecular complexity index is 923. The highest BCUT2D eigenvalue weighted by Gasteiger charge is 2.52. The number of para-hydroxylation sites is 1. The number of hydrogen-bond acceptors (Lipinski definition) is 2. The number of amides is 1. The first-order chi connectivity index (χ1) is 11.3. The first-order valence-corrected chi connectivity index (χ1v) is 8.08. The Morgan fingerprint density at radius 2 is 2.09 bits per heavy atom. The van der Waals surface area contributed by atoms with Gasteiger partial charge in [-0.3, -0.25) is 4.79 Å². The monoisotopic (exact) mass is 303 g/mol. The first-order valence-electron chi connectivity index (χ1n) is 8.08. The van der Waals surface area contributed by atoms with Crippen LogP contribution in [0.3, 0.4) is 0 Å². The second-order valence-electron chi connectivity index (χ2n) is 6.67. The molecule has 3 aromatic rings. The van der Waals surface area contributed by atoms with Crippen LogP contribution in [0.4, 0.5) is 5.69 Å². The summed E-state index contributed by atoms with van der Waals surface area (Å²) in [6, 6.07) is 12.3. The number of nitrogens with one attached hydrogen (secondary N) is 1. The summed E-state index contributed by atoms with van der Waals surface area (Å²) < 4.78 is 0. The van der Waals surface area contributed by atoms with Crippen molar-refractivity contribution in [2.75, 3.05) is 11.4 Å². The maximum Gasteiger partial charge on any atom is 0.231 e. The molecule has 3 heterocycles. The predicted molar refractivity (Wildman–Crippen MR) is 89.5 cm³/mol. The average molecular weight is 303 g/mol. The second kappa shape index (κ2) is 4.44. The van der Waals surface area contributed by atoms with Crippen molar-refractivity contribution in [3.8, 4) is 0 Å². The van der Waals surface area contributed by atoms with E-state index >= 15 is 0 Å². The van der Waals surface area contributed by atoms with E-state index in [0.717, 1.165) is 28.8 Å². The molecule has 4 heteroatoms. The molecule has 1 spiro atoms. The van der Waals surface area contributed by atoms with Gasteiger partial charge in [0.1, 0.15) is 5.65 Å². The first kappa shape index (κ1) is 12.9. The Balaban J connectivity index is 1.48. The van der Waals surface area contributed by atoms with Gasteiger partial charge in [0.05, 0.1) is 6.42 Å². The Morgan fingerprint density at radius 3 is 2.96 bits per heavy atom. The zero-order valence-electron chi connectivity index (χ0n) is 12.7. The maximum absolute atomic E-state index is 12.9. The van der Waals surface area contributed by atoms with Crippen molar-refractivity contribution in [2.45, 2.75) is 24.7 Å². The molecule has 1 saturated carbocycles. The molecule has 0 atom stereocenters. The molecule has 1 aliphatic carbocycles. The summed E-state index contributed by atoms with van der Waals surface area (Å²) in [5.74, 6) is 0.172. The third-order valence-corrected chi connectivity index (χ3v) is 5.26. The van der Waals surface area contributed by atoms with Crippen molar-refractivity contribution >= 4 is 22.6 Å². The SMILES string of the molecule is O=C(Cc1c[nH]c2ncccc12)N1CC2(CC2)c2ccccc21. The normalized spacial score (nSPS) is 17.7. The minimum atomic E-state index is 0.172. The highest BCUT2D eigenvalue weighted by atomic mass is 16.2. The number of rotatable bonds is 2. The van der Waals surface area contributed by atoms with Crippen LogP contribution in [0.1, 0.15) is 24.0 Å². The van der Waals surface area contributed by atoms with E-state index in [1.165, 1.54) is 18.4 Å². The molecule has 0 radical (unpaired) electrons. The highest BCUT2D eigenvalue weighted by Crippen LogP contribution is 2.56. The lowest BCUT2D eigenvalue weighted by atomic mass is 9.99. The molecule has 4 nitrogen and oxygen atoms in total. The van der Waals surface area contributed by atoms with Crippen LogP contribution in [0, 0.1) is 0 Å². The van der Waals surface area contributed by atoms with Crippen LogP contribution in [-0.2, 0) is 16.6 Å². The van der Waals surface area contributed by atoms with Gasteiger partial charge >= 0.3 is 0 Å². The van der Waals surface area contributed by atoms with Crippen molar-refractivity contribution in [1.29, 1.82) is 0 Å². The van der Waals surface area contributed by atoms with Crippen molar-refractivity contribution in [3.05, 3.63) is 59.9 Å². The van der Waals surface area contributed by atoms with E-state index in [0.29, 0.717) is 6.42 Å². The average Bonchev–Trinajstić information content (AvgIpc) is 3.15. The van der Waals surface area contributed by atoms with Gasteiger partial charge in [0, 0.05) is 35.4 Å². The van der Waals surface area contributed by atoms with Gasteiger partial charge < -0.3 is 9.88 Å². The largest absolute Gasteiger partial charge is 0.346 e. The van der Waals surface area contributed by atoms with Crippen LogP contribution in [0.15, 0.2) is 48.8 Å². The molecule has 1 aliphatic heterocycles. The van der Waals surface area contributed by atoms with Crippen LogP contribution in [0.5, 0.6) is 0 Å². The minimum Gasteiger partial charge on any atom is -0.346 e. The molecule has 114 valence electrons. The van der Waals surface area contributed by atoms with Crippen molar-refractivity contribution in [2.24, 2.45) is 0 Å². The fourth-order valence-corrected chi connectivity index (χ4v) is 3.85. The number of aromatic amines is 1. The van der Waals surface area contributed by atoms with Crippen molar-refractivity contribution in [1.82, 2.24) is 9.97 Å². The van der Waals surface area contributed by atoms with E-state index in [4.69, 9.17) is 0 Å². The molecule has 1 N–H and O–H groups in total. The van der Waals surface area contributed by atoms with E-state index < -0.39 is 0 Å². The van der Waals surface area contributed by atoms with Crippen LogP contribution < -0.4 is 4.90 Å². The number of carbonyl (C=O) groups is 1. The summed E-state index contributed by atoms with van der Waals surface area (Å²) in [6.07, 6.45) is 6.48. The Morgan fingerprint density at radius 1 is 1.22 bits per heavy atom. The summed E-state index contributed by atoms with van der Waals surface area (Å²) >= 11 is 0. The van der Waals surface area contributed by atoms with Gasteiger partial charge in [-0.1, -0.05) is 18.2 Å². The van der Waals surface area contributed by atoms with Crippen LogP contribution in [0.25, 0.3) is 11.0 Å². The number of nitrogens with zero attached hydrogens (tertiary/aromatic N) is 2. The van der Waals surface area contributed by atoms with Crippen LogP contribution in [-0.4, -0.2) is 22.4 Å². The molecule has 2 aromatic heterocycles. The maximum atomic E-state index is 12.9. The molecule has 1 amide bonds. The van der Waals surface area contributed by atoms with Crippen LogP contribution in [0.2, 0.25) is 0 Å². The van der Waals surface area contributed by atoms with E-state index in [1.54, 1.807) is 6.20 Å². The molecule has 2 aliphatic rings. The number of fused-ring (bicyclic) bond motifs is 3. The van der Waals surface area contributed by atoms with Gasteiger partial charge in [-0.15, -0.1) is 0 Å². The zero-order valence-corrected chi connectivity index (χ0v) is 12.7. The fraction of sp³-hybridized carbons (Fsp3) is 0.263. The molecule has 23 heavy (non-hydrogen) atoms. The topological polar surface area (TPSA) is 49.0 Å². The number of hydrogen-bond donors (Lipinski definition) is 1. The van der Waals surface area contributed by atoms with E-state index in [2.05, 4.69) is 28.2 Å². The Kier molecular flexibility index (Phi) is 2.49.